The van der Waals surface area contributed by atoms with E-state index in [1.807, 2.05) is 36.4 Å². The number of amides is 1. The van der Waals surface area contributed by atoms with E-state index in [1.54, 1.807) is 14.2 Å². The van der Waals surface area contributed by atoms with Crippen molar-refractivity contribution in [2.75, 3.05) is 45.7 Å². The highest BCUT2D eigenvalue weighted by molar-refractivity contribution is 5.88. The Hall–Kier alpha value is -3.06. The summed E-state index contributed by atoms with van der Waals surface area (Å²) < 4.78 is 5.32. The SMILES string of the molecule is CN=C(NCCc1ccc(NC(C)=O)cc1)NCC(c1ccc(OC)cc1)N1CCCC1. The van der Waals surface area contributed by atoms with Crippen molar-refractivity contribution in [3.8, 4) is 5.75 Å². The molecule has 1 saturated heterocycles. The fraction of sp³-hybridized carbons (Fsp3) is 0.440. The van der Waals surface area contributed by atoms with Crippen LogP contribution in [0.25, 0.3) is 0 Å². The summed E-state index contributed by atoms with van der Waals surface area (Å²) in [5.74, 6) is 1.62. The zero-order chi connectivity index (χ0) is 22.8. The van der Waals surface area contributed by atoms with Crippen molar-refractivity contribution in [1.29, 1.82) is 0 Å². The Morgan fingerprint density at radius 1 is 1.06 bits per heavy atom. The Kier molecular flexibility index (Phi) is 8.92. The number of rotatable bonds is 9. The lowest BCUT2D eigenvalue weighted by atomic mass is 10.1. The lowest BCUT2D eigenvalue weighted by Gasteiger charge is -2.29. The van der Waals surface area contributed by atoms with Crippen LogP contribution in [0.2, 0.25) is 0 Å². The molecule has 1 heterocycles. The first-order valence-electron chi connectivity index (χ1n) is 11.3. The van der Waals surface area contributed by atoms with Gasteiger partial charge in [-0.1, -0.05) is 24.3 Å². The molecule has 2 aromatic carbocycles. The van der Waals surface area contributed by atoms with Crippen LogP contribution in [0.1, 0.15) is 36.9 Å². The fourth-order valence-electron chi connectivity index (χ4n) is 4.03. The lowest BCUT2D eigenvalue weighted by Crippen LogP contribution is -2.43. The molecule has 32 heavy (non-hydrogen) atoms. The predicted molar refractivity (Wildman–Crippen MR) is 130 cm³/mol. The molecule has 1 atom stereocenters. The molecule has 1 fully saturated rings. The molecule has 2 aromatic rings. The second kappa shape index (κ2) is 12.1. The highest BCUT2D eigenvalue weighted by Crippen LogP contribution is 2.26. The maximum atomic E-state index is 11.1. The molecule has 0 aromatic heterocycles. The van der Waals surface area contributed by atoms with Crippen LogP contribution >= 0.6 is 0 Å². The fourth-order valence-corrected chi connectivity index (χ4v) is 4.03. The Morgan fingerprint density at radius 3 is 2.34 bits per heavy atom. The minimum absolute atomic E-state index is 0.0591. The van der Waals surface area contributed by atoms with Crippen LogP contribution in [-0.4, -0.2) is 57.1 Å². The quantitative estimate of drug-likeness (QED) is 0.415. The number of methoxy groups -OCH3 is 1. The van der Waals surface area contributed by atoms with Gasteiger partial charge in [-0.15, -0.1) is 0 Å². The standard InChI is InChI=1S/C25H35N5O2/c1-19(31)29-22-10-6-20(7-11-22)14-15-27-25(26-2)28-18-24(30-16-4-5-17-30)21-8-12-23(32-3)13-9-21/h6-13,24H,4-5,14-18H2,1-3H3,(H,29,31)(H2,26,27,28). The maximum Gasteiger partial charge on any atom is 0.221 e. The van der Waals surface area contributed by atoms with Crippen LogP contribution in [0, 0.1) is 0 Å². The summed E-state index contributed by atoms with van der Waals surface area (Å²) in [6, 6.07) is 16.6. The zero-order valence-corrected chi connectivity index (χ0v) is 19.4. The number of nitrogens with one attached hydrogen (secondary N) is 3. The summed E-state index contributed by atoms with van der Waals surface area (Å²) >= 11 is 0. The summed E-state index contributed by atoms with van der Waals surface area (Å²) in [6.45, 7) is 5.32. The molecule has 0 spiro atoms. The molecule has 0 aliphatic carbocycles. The number of ether oxygens (including phenoxy) is 1. The number of likely N-dealkylation sites (tertiary alicyclic amines) is 1. The number of guanidine groups is 1. The summed E-state index contributed by atoms with van der Waals surface area (Å²) in [5, 5.41) is 9.71. The van der Waals surface area contributed by atoms with Crippen LogP contribution in [0.5, 0.6) is 5.75 Å². The van der Waals surface area contributed by atoms with E-state index in [0.717, 1.165) is 50.0 Å². The van der Waals surface area contributed by atoms with Gasteiger partial charge in [-0.2, -0.15) is 0 Å². The molecular weight excluding hydrogens is 402 g/mol. The number of carbonyl (C=O) groups is 1. The second-order valence-electron chi connectivity index (χ2n) is 8.04. The molecule has 0 bridgehead atoms. The lowest BCUT2D eigenvalue weighted by molar-refractivity contribution is -0.114. The van der Waals surface area contributed by atoms with E-state index in [1.165, 1.54) is 30.9 Å². The van der Waals surface area contributed by atoms with Gasteiger partial charge in [-0.05, 0) is 67.7 Å². The molecule has 1 unspecified atom stereocenters. The number of aliphatic imine (C=N–C) groups is 1. The van der Waals surface area contributed by atoms with Crippen LogP contribution in [0.15, 0.2) is 53.5 Å². The summed E-state index contributed by atoms with van der Waals surface area (Å²) in [5.41, 5.74) is 3.31. The number of benzene rings is 2. The molecule has 7 heteroatoms. The van der Waals surface area contributed by atoms with Gasteiger partial charge in [0.05, 0.1) is 13.2 Å². The molecule has 0 radical (unpaired) electrons. The number of nitrogens with zero attached hydrogens (tertiary/aromatic N) is 2. The number of carbonyl (C=O) groups excluding carboxylic acids is 1. The van der Waals surface area contributed by atoms with Crippen molar-refractivity contribution >= 4 is 17.6 Å². The van der Waals surface area contributed by atoms with Gasteiger partial charge in [0.1, 0.15) is 5.75 Å². The van der Waals surface area contributed by atoms with Gasteiger partial charge in [-0.3, -0.25) is 14.7 Å². The van der Waals surface area contributed by atoms with Crippen molar-refractivity contribution in [2.24, 2.45) is 4.99 Å². The first-order chi connectivity index (χ1) is 15.6. The minimum Gasteiger partial charge on any atom is -0.497 e. The molecule has 7 nitrogen and oxygen atoms in total. The minimum atomic E-state index is -0.0591. The third-order valence-corrected chi connectivity index (χ3v) is 5.75. The highest BCUT2D eigenvalue weighted by atomic mass is 16.5. The first-order valence-corrected chi connectivity index (χ1v) is 11.3. The van der Waals surface area contributed by atoms with Gasteiger partial charge in [-0.25, -0.2) is 0 Å². The van der Waals surface area contributed by atoms with E-state index in [2.05, 4.69) is 38.0 Å². The third kappa shape index (κ3) is 6.99. The molecule has 1 aliphatic rings. The molecule has 3 rings (SSSR count). The van der Waals surface area contributed by atoms with E-state index >= 15 is 0 Å². The van der Waals surface area contributed by atoms with E-state index in [-0.39, 0.29) is 5.91 Å². The highest BCUT2D eigenvalue weighted by Gasteiger charge is 2.23. The average Bonchev–Trinajstić information content (AvgIpc) is 3.34. The van der Waals surface area contributed by atoms with E-state index < -0.39 is 0 Å². The van der Waals surface area contributed by atoms with Crippen LogP contribution in [-0.2, 0) is 11.2 Å². The molecule has 172 valence electrons. The number of anilines is 1. The molecule has 1 amide bonds. The average molecular weight is 438 g/mol. The van der Waals surface area contributed by atoms with Crippen molar-refractivity contribution < 1.29 is 9.53 Å². The van der Waals surface area contributed by atoms with Crippen LogP contribution in [0.4, 0.5) is 5.69 Å². The Balaban J connectivity index is 1.52. The van der Waals surface area contributed by atoms with Crippen molar-refractivity contribution in [3.63, 3.8) is 0 Å². The zero-order valence-electron chi connectivity index (χ0n) is 19.4. The summed E-state index contributed by atoms with van der Waals surface area (Å²) in [7, 11) is 3.50. The van der Waals surface area contributed by atoms with E-state index in [4.69, 9.17) is 4.74 Å². The predicted octanol–water partition coefficient (Wildman–Crippen LogP) is 3.20. The van der Waals surface area contributed by atoms with Gasteiger partial charge < -0.3 is 20.7 Å². The molecule has 0 saturated carbocycles. The van der Waals surface area contributed by atoms with Gasteiger partial charge in [0, 0.05) is 32.7 Å². The topological polar surface area (TPSA) is 78.0 Å². The largest absolute Gasteiger partial charge is 0.497 e. The number of hydrogen-bond donors (Lipinski definition) is 3. The van der Waals surface area contributed by atoms with Gasteiger partial charge in [0.15, 0.2) is 5.96 Å². The third-order valence-electron chi connectivity index (χ3n) is 5.75. The number of hydrogen-bond acceptors (Lipinski definition) is 4. The summed E-state index contributed by atoms with van der Waals surface area (Å²) in [6.07, 6.45) is 3.37. The second-order valence-corrected chi connectivity index (χ2v) is 8.04. The van der Waals surface area contributed by atoms with Crippen LogP contribution < -0.4 is 20.7 Å². The first kappa shape index (κ1) is 23.6. The Labute approximate surface area is 191 Å². The van der Waals surface area contributed by atoms with Crippen molar-refractivity contribution in [2.45, 2.75) is 32.2 Å². The van der Waals surface area contributed by atoms with Crippen molar-refractivity contribution in [1.82, 2.24) is 15.5 Å². The molecule has 1 aliphatic heterocycles. The van der Waals surface area contributed by atoms with E-state index in [0.29, 0.717) is 6.04 Å². The normalized spacial score (nSPS) is 15.3. The Morgan fingerprint density at radius 2 is 1.75 bits per heavy atom. The van der Waals surface area contributed by atoms with Gasteiger partial charge >= 0.3 is 0 Å². The monoisotopic (exact) mass is 437 g/mol. The van der Waals surface area contributed by atoms with E-state index in [9.17, 15) is 4.79 Å². The Bertz CT molecular complexity index is 874. The van der Waals surface area contributed by atoms with Gasteiger partial charge in [0.25, 0.3) is 0 Å². The van der Waals surface area contributed by atoms with Gasteiger partial charge in [0.2, 0.25) is 5.91 Å². The van der Waals surface area contributed by atoms with Crippen LogP contribution in [0.3, 0.4) is 0 Å². The smallest absolute Gasteiger partial charge is 0.221 e. The summed E-state index contributed by atoms with van der Waals surface area (Å²) in [4.78, 5) is 18.1. The van der Waals surface area contributed by atoms with Crippen molar-refractivity contribution in [3.05, 3.63) is 59.7 Å². The maximum absolute atomic E-state index is 11.1. The molecule has 3 N–H and O–H groups in total. The molecular formula is C25H35N5O2.